The van der Waals surface area contributed by atoms with E-state index in [1.165, 1.54) is 0 Å². The average molecular weight is 473 g/mol. The number of amides is 1. The maximum absolute atomic E-state index is 12.7. The molecule has 0 unspecified atom stereocenters. The summed E-state index contributed by atoms with van der Waals surface area (Å²) >= 11 is 3.43. The third-order valence-corrected chi connectivity index (χ3v) is 6.76. The Morgan fingerprint density at radius 1 is 0.862 bits per heavy atom. The molecule has 7 heteroatoms. The zero-order valence-electron chi connectivity index (χ0n) is 16.3. The van der Waals surface area contributed by atoms with Crippen molar-refractivity contribution in [2.75, 3.05) is 10.0 Å². The number of benzene rings is 3. The van der Waals surface area contributed by atoms with Crippen LogP contribution in [0.1, 0.15) is 27.0 Å². The van der Waals surface area contributed by atoms with Crippen molar-refractivity contribution in [3.63, 3.8) is 0 Å². The van der Waals surface area contributed by atoms with Crippen LogP contribution in [0, 0.1) is 20.8 Å². The smallest absolute Gasteiger partial charge is 0.261 e. The molecule has 2 N–H and O–H groups in total. The minimum atomic E-state index is -3.75. The molecule has 3 aromatic rings. The highest BCUT2D eigenvalue weighted by Gasteiger charge is 2.17. The first-order valence-corrected chi connectivity index (χ1v) is 11.2. The Balaban J connectivity index is 1.84. The van der Waals surface area contributed by atoms with Crippen LogP contribution in [-0.4, -0.2) is 14.3 Å². The topological polar surface area (TPSA) is 75.3 Å². The molecule has 0 aromatic heterocycles. The number of sulfonamides is 1. The van der Waals surface area contributed by atoms with Crippen LogP contribution in [0.15, 0.2) is 70.0 Å². The van der Waals surface area contributed by atoms with E-state index in [1.807, 2.05) is 26.0 Å². The molecule has 3 rings (SSSR count). The standard InChI is InChI=1S/C22H21BrN2O3S/c1-14-4-9-19(10-5-14)29(27,28)25-21-13-17(7-6-15(21)2)22(26)24-18-8-11-20(23)16(3)12-18/h4-13,25H,1-3H3,(H,24,26). The van der Waals surface area contributed by atoms with Crippen molar-refractivity contribution >= 4 is 43.2 Å². The van der Waals surface area contributed by atoms with Gasteiger partial charge in [0.15, 0.2) is 0 Å². The number of aryl methyl sites for hydroxylation is 3. The van der Waals surface area contributed by atoms with Gasteiger partial charge in [-0.05, 0) is 74.4 Å². The van der Waals surface area contributed by atoms with E-state index < -0.39 is 10.0 Å². The Morgan fingerprint density at radius 2 is 1.55 bits per heavy atom. The van der Waals surface area contributed by atoms with Crippen LogP contribution in [0.3, 0.4) is 0 Å². The van der Waals surface area contributed by atoms with Crippen LogP contribution in [0.5, 0.6) is 0 Å². The van der Waals surface area contributed by atoms with E-state index >= 15 is 0 Å². The Morgan fingerprint density at radius 3 is 2.21 bits per heavy atom. The summed E-state index contributed by atoms with van der Waals surface area (Å²) in [6.45, 7) is 5.61. The highest BCUT2D eigenvalue weighted by atomic mass is 79.9. The van der Waals surface area contributed by atoms with Crippen LogP contribution >= 0.6 is 15.9 Å². The fraction of sp³-hybridized carbons (Fsp3) is 0.136. The second-order valence-electron chi connectivity index (χ2n) is 6.87. The van der Waals surface area contributed by atoms with Gasteiger partial charge in [-0.2, -0.15) is 0 Å². The molecule has 150 valence electrons. The Kier molecular flexibility index (Phi) is 6.10. The van der Waals surface area contributed by atoms with Crippen molar-refractivity contribution in [3.8, 4) is 0 Å². The van der Waals surface area contributed by atoms with Gasteiger partial charge >= 0.3 is 0 Å². The molecule has 0 spiro atoms. The lowest BCUT2D eigenvalue weighted by Gasteiger charge is -2.13. The predicted molar refractivity (Wildman–Crippen MR) is 120 cm³/mol. The number of hydrogen-bond acceptors (Lipinski definition) is 3. The van der Waals surface area contributed by atoms with Crippen molar-refractivity contribution in [2.45, 2.75) is 25.7 Å². The molecular weight excluding hydrogens is 452 g/mol. The van der Waals surface area contributed by atoms with Crippen molar-refractivity contribution in [1.82, 2.24) is 0 Å². The van der Waals surface area contributed by atoms with Crippen LogP contribution < -0.4 is 10.0 Å². The average Bonchev–Trinajstić information content (AvgIpc) is 2.66. The number of carbonyl (C=O) groups is 1. The largest absolute Gasteiger partial charge is 0.322 e. The van der Waals surface area contributed by atoms with E-state index in [0.717, 1.165) is 21.2 Å². The predicted octanol–water partition coefficient (Wildman–Crippen LogP) is 5.43. The number of hydrogen-bond donors (Lipinski definition) is 2. The summed E-state index contributed by atoms with van der Waals surface area (Å²) < 4.78 is 28.9. The molecule has 0 bridgehead atoms. The van der Waals surface area contributed by atoms with Gasteiger partial charge in [-0.1, -0.05) is 39.7 Å². The van der Waals surface area contributed by atoms with Gasteiger partial charge in [0, 0.05) is 15.7 Å². The van der Waals surface area contributed by atoms with Gasteiger partial charge < -0.3 is 5.32 Å². The van der Waals surface area contributed by atoms with Gasteiger partial charge in [-0.25, -0.2) is 8.42 Å². The number of halogens is 1. The second-order valence-corrected chi connectivity index (χ2v) is 9.40. The van der Waals surface area contributed by atoms with Gasteiger partial charge in [-0.15, -0.1) is 0 Å². The van der Waals surface area contributed by atoms with Crippen molar-refractivity contribution < 1.29 is 13.2 Å². The number of rotatable bonds is 5. The molecular formula is C22H21BrN2O3S. The highest BCUT2D eigenvalue weighted by molar-refractivity contribution is 9.10. The van der Waals surface area contributed by atoms with Gasteiger partial charge in [0.05, 0.1) is 10.6 Å². The number of carbonyl (C=O) groups excluding carboxylic acids is 1. The van der Waals surface area contributed by atoms with E-state index in [4.69, 9.17) is 0 Å². The monoisotopic (exact) mass is 472 g/mol. The summed E-state index contributed by atoms with van der Waals surface area (Å²) in [6.07, 6.45) is 0. The highest BCUT2D eigenvalue weighted by Crippen LogP contribution is 2.24. The molecule has 0 aliphatic heterocycles. The van der Waals surface area contributed by atoms with Crippen LogP contribution in [0.4, 0.5) is 11.4 Å². The SMILES string of the molecule is Cc1ccc(S(=O)(=O)Nc2cc(C(=O)Nc3ccc(Br)c(C)c3)ccc2C)cc1. The summed E-state index contributed by atoms with van der Waals surface area (Å²) in [6, 6.07) is 17.0. The van der Waals surface area contributed by atoms with Gasteiger partial charge in [-0.3, -0.25) is 9.52 Å². The lowest BCUT2D eigenvalue weighted by Crippen LogP contribution is -2.16. The van der Waals surface area contributed by atoms with Crippen molar-refractivity contribution in [2.24, 2.45) is 0 Å². The lowest BCUT2D eigenvalue weighted by atomic mass is 10.1. The van der Waals surface area contributed by atoms with Crippen LogP contribution in [0.2, 0.25) is 0 Å². The summed E-state index contributed by atoms with van der Waals surface area (Å²) in [5, 5.41) is 2.84. The van der Waals surface area contributed by atoms with Crippen molar-refractivity contribution in [1.29, 1.82) is 0 Å². The minimum Gasteiger partial charge on any atom is -0.322 e. The van der Waals surface area contributed by atoms with E-state index in [9.17, 15) is 13.2 Å². The first-order chi connectivity index (χ1) is 13.7. The maximum atomic E-state index is 12.7. The zero-order chi connectivity index (χ0) is 21.2. The van der Waals surface area contributed by atoms with E-state index in [0.29, 0.717) is 16.9 Å². The molecule has 0 saturated heterocycles. The summed E-state index contributed by atoms with van der Waals surface area (Å²) in [5.41, 5.74) is 4.08. The Hall–Kier alpha value is -2.64. The first kappa shape index (κ1) is 21.1. The fourth-order valence-electron chi connectivity index (χ4n) is 2.72. The zero-order valence-corrected chi connectivity index (χ0v) is 18.7. The molecule has 29 heavy (non-hydrogen) atoms. The number of nitrogens with one attached hydrogen (secondary N) is 2. The van der Waals surface area contributed by atoms with Crippen LogP contribution in [0.25, 0.3) is 0 Å². The summed E-state index contributed by atoms with van der Waals surface area (Å²) in [4.78, 5) is 12.8. The van der Waals surface area contributed by atoms with E-state index in [2.05, 4.69) is 26.0 Å². The molecule has 3 aromatic carbocycles. The van der Waals surface area contributed by atoms with Gasteiger partial charge in [0.2, 0.25) is 0 Å². The third kappa shape index (κ3) is 5.05. The quantitative estimate of drug-likeness (QED) is 0.519. The van der Waals surface area contributed by atoms with Crippen molar-refractivity contribution in [3.05, 3.63) is 87.4 Å². The molecule has 0 fully saturated rings. The summed E-state index contributed by atoms with van der Waals surface area (Å²) in [5.74, 6) is -0.317. The maximum Gasteiger partial charge on any atom is 0.261 e. The normalized spacial score (nSPS) is 11.2. The van der Waals surface area contributed by atoms with E-state index in [1.54, 1.807) is 55.5 Å². The molecule has 0 radical (unpaired) electrons. The minimum absolute atomic E-state index is 0.169. The molecule has 1 amide bonds. The molecule has 0 saturated carbocycles. The summed E-state index contributed by atoms with van der Waals surface area (Å²) in [7, 11) is -3.75. The van der Waals surface area contributed by atoms with Gasteiger partial charge in [0.1, 0.15) is 0 Å². The molecule has 0 atom stereocenters. The molecule has 0 aliphatic carbocycles. The second kappa shape index (κ2) is 8.39. The van der Waals surface area contributed by atoms with Gasteiger partial charge in [0.25, 0.3) is 15.9 Å². The third-order valence-electron chi connectivity index (χ3n) is 4.49. The Labute approximate surface area is 179 Å². The fourth-order valence-corrected chi connectivity index (χ4v) is 4.09. The molecule has 5 nitrogen and oxygen atoms in total. The molecule has 0 aliphatic rings. The number of anilines is 2. The van der Waals surface area contributed by atoms with E-state index in [-0.39, 0.29) is 10.8 Å². The first-order valence-electron chi connectivity index (χ1n) is 8.93. The van der Waals surface area contributed by atoms with Crippen LogP contribution in [-0.2, 0) is 10.0 Å². The Bertz CT molecular complexity index is 1170. The molecule has 0 heterocycles. The lowest BCUT2D eigenvalue weighted by molar-refractivity contribution is 0.102.